The maximum atomic E-state index is 12.0. The average molecular weight is 1540 g/mol. The first-order chi connectivity index (χ1) is 52.1. The lowest BCUT2D eigenvalue weighted by Gasteiger charge is -2.27. The molecule has 8 aromatic rings. The lowest BCUT2D eigenvalue weighted by Crippen LogP contribution is -2.27. The van der Waals surface area contributed by atoms with Gasteiger partial charge in [-0.15, -0.1) is 0 Å². The number of rotatable bonds is 25. The first kappa shape index (κ1) is 87.9. The number of non-ortho nitro benzene ring substituents is 2. The summed E-state index contributed by atoms with van der Waals surface area (Å²) in [5.74, 6) is -1.52. The van der Waals surface area contributed by atoms with E-state index in [0.717, 1.165) is 89.6 Å². The number of carbonyl (C=O) groups is 2. The summed E-state index contributed by atoms with van der Waals surface area (Å²) in [6.45, 7) is 30.9. The van der Waals surface area contributed by atoms with Crippen molar-refractivity contribution in [3.05, 3.63) is 301 Å². The number of aliphatic carboxylic acids is 2. The fourth-order valence-corrected chi connectivity index (χ4v) is 15.0. The van der Waals surface area contributed by atoms with Gasteiger partial charge >= 0.3 is 11.9 Å². The number of aliphatic imine (C=N–C) groups is 1. The summed E-state index contributed by atoms with van der Waals surface area (Å²) in [4.78, 5) is 49.1. The first-order valence-corrected chi connectivity index (χ1v) is 38.7. The molecule has 0 radical (unpaired) electrons. The van der Waals surface area contributed by atoms with Crippen LogP contribution in [0.3, 0.4) is 0 Å². The quantitative estimate of drug-likeness (QED) is 0.00791. The summed E-state index contributed by atoms with van der Waals surface area (Å²) in [6.07, 6.45) is 19.6. The molecule has 4 N–H and O–H groups in total. The Hall–Kier alpha value is -11.4. The highest BCUT2D eigenvalue weighted by Crippen LogP contribution is 2.49. The highest BCUT2D eigenvalue weighted by molar-refractivity contribution is 7.85. The molecule has 0 bridgehead atoms. The number of benzene rings is 8. The normalized spacial score (nSPS) is 15.5. The van der Waals surface area contributed by atoms with Crippen molar-refractivity contribution in [2.45, 2.75) is 189 Å². The second-order valence-corrected chi connectivity index (χ2v) is 31.9. The highest BCUT2D eigenvalue weighted by atomic mass is 32.2. The van der Waals surface area contributed by atoms with Gasteiger partial charge in [0.25, 0.3) is 21.5 Å². The average Bonchev–Trinajstić information content (AvgIpc) is 1.65. The third-order valence-corrected chi connectivity index (χ3v) is 22.1. The Morgan fingerprint density at radius 3 is 1.50 bits per heavy atom. The minimum atomic E-state index is -4.39. The number of carboxylic acids is 2. The lowest BCUT2D eigenvalue weighted by atomic mass is 9.81. The van der Waals surface area contributed by atoms with Gasteiger partial charge in [-0.1, -0.05) is 125 Å². The van der Waals surface area contributed by atoms with Crippen molar-refractivity contribution in [2.75, 3.05) is 23.3 Å². The third-order valence-electron chi connectivity index (χ3n) is 21.2. The topological polar surface area (TPSA) is 252 Å². The Balaban J connectivity index is 0.000000232. The number of anilines is 2. The molecule has 19 nitrogen and oxygen atoms in total. The van der Waals surface area contributed by atoms with Gasteiger partial charge in [0.1, 0.15) is 6.54 Å². The second-order valence-electron chi connectivity index (χ2n) is 30.4. The first-order valence-electron chi connectivity index (χ1n) is 37.2. The van der Waals surface area contributed by atoms with Crippen molar-refractivity contribution in [1.82, 2.24) is 0 Å². The Morgan fingerprint density at radius 2 is 0.991 bits per heavy atom. The number of carboxylic acid groups (broad SMARTS) is 2. The zero-order valence-corrected chi connectivity index (χ0v) is 66.2. The molecule has 0 atom stereocenters. The van der Waals surface area contributed by atoms with E-state index in [1.165, 1.54) is 80.4 Å². The predicted molar refractivity (Wildman–Crippen MR) is 455 cm³/mol. The number of para-hydroxylation sites is 2. The number of fused-ring (bicyclic) bond motifs is 4. The Kier molecular flexibility index (Phi) is 29.9. The van der Waals surface area contributed by atoms with E-state index in [0.29, 0.717) is 19.5 Å². The molecule has 112 heavy (non-hydrogen) atoms. The molecule has 0 fully saturated rings. The van der Waals surface area contributed by atoms with Crippen molar-refractivity contribution in [3.63, 3.8) is 0 Å². The summed E-state index contributed by atoms with van der Waals surface area (Å²) < 4.78 is 40.7. The number of nitro groups is 2. The van der Waals surface area contributed by atoms with E-state index in [9.17, 15) is 42.8 Å². The second kappa shape index (κ2) is 38.0. The van der Waals surface area contributed by atoms with E-state index in [2.05, 4.69) is 166 Å². The fraction of sp³-hybridized carbons (Fsp3) is 0.326. The fourth-order valence-electron chi connectivity index (χ4n) is 14.5. The van der Waals surface area contributed by atoms with E-state index in [1.54, 1.807) is 36.5 Å². The summed E-state index contributed by atoms with van der Waals surface area (Å²) >= 11 is 0. The third kappa shape index (κ3) is 21.4. The highest BCUT2D eigenvalue weighted by Gasteiger charge is 2.47. The van der Waals surface area contributed by atoms with Crippen LogP contribution in [0.4, 0.5) is 45.5 Å². The smallest absolute Gasteiger partial charge is 0.303 e. The molecule has 12 rings (SSSR count). The van der Waals surface area contributed by atoms with Crippen LogP contribution >= 0.6 is 0 Å². The molecular formula is C92H111N8O11S+3. The van der Waals surface area contributed by atoms with Crippen molar-refractivity contribution in [1.29, 1.82) is 0 Å². The molecule has 4 heterocycles. The monoisotopic (exact) mass is 1540 g/mol. The molecule has 0 amide bonds. The van der Waals surface area contributed by atoms with E-state index < -0.39 is 32.4 Å². The molecule has 588 valence electrons. The summed E-state index contributed by atoms with van der Waals surface area (Å²) in [5, 5.41) is 42.9. The predicted octanol–water partition coefficient (Wildman–Crippen LogP) is 21.6. The zero-order chi connectivity index (χ0) is 79.9. The van der Waals surface area contributed by atoms with Gasteiger partial charge in [-0.2, -0.15) is 22.1 Å². The zero-order valence-electron chi connectivity index (χ0n) is 65.4. The molecule has 0 spiro atoms. The van der Waals surface area contributed by atoms with Crippen LogP contribution in [0.15, 0.2) is 240 Å². The molecule has 4 aliphatic rings. The Morgan fingerprint density at radius 1 is 0.518 bits per heavy atom. The molecular weight excluding hydrogens is 1430 g/mol. The number of unbranched alkanes of at least 4 members (excludes halogenated alkanes) is 3. The van der Waals surface area contributed by atoms with Gasteiger partial charge in [0, 0.05) is 151 Å². The van der Waals surface area contributed by atoms with Crippen molar-refractivity contribution < 1.29 is 56.3 Å². The number of nitrogens with one attached hydrogen (secondary N) is 1. The molecule has 0 saturated heterocycles. The van der Waals surface area contributed by atoms with Crippen LogP contribution in [0.2, 0.25) is 0 Å². The van der Waals surface area contributed by atoms with E-state index in [1.807, 2.05) is 123 Å². The van der Waals surface area contributed by atoms with E-state index in [-0.39, 0.29) is 65.1 Å². The summed E-state index contributed by atoms with van der Waals surface area (Å²) in [7, 11) is -4.39. The van der Waals surface area contributed by atoms with Crippen LogP contribution < -0.4 is 10.2 Å². The maximum absolute atomic E-state index is 12.0. The van der Waals surface area contributed by atoms with Crippen LogP contribution in [0.25, 0.3) is 0 Å². The lowest BCUT2D eigenvalue weighted by molar-refractivity contribution is -0.456. The minimum Gasteiger partial charge on any atom is -0.481 e. The van der Waals surface area contributed by atoms with Gasteiger partial charge in [-0.25, -0.2) is 0 Å². The van der Waals surface area contributed by atoms with Gasteiger partial charge in [0.2, 0.25) is 17.1 Å². The van der Waals surface area contributed by atoms with Gasteiger partial charge in [-0.05, 0) is 184 Å². The molecule has 0 aliphatic carbocycles. The van der Waals surface area contributed by atoms with Crippen LogP contribution in [0, 0.1) is 41.0 Å². The minimum absolute atomic E-state index is 0. The van der Waals surface area contributed by atoms with E-state index in [4.69, 9.17) is 10.2 Å². The molecule has 0 aromatic heterocycles. The Labute approximate surface area is 662 Å². The van der Waals surface area contributed by atoms with Gasteiger partial charge in [0.15, 0.2) is 30.2 Å². The molecule has 0 saturated carbocycles. The number of aryl methyl sites for hydroxylation is 3. The molecule has 20 heteroatoms. The van der Waals surface area contributed by atoms with Crippen LogP contribution in [0.1, 0.15) is 179 Å². The maximum Gasteiger partial charge on any atom is 0.303 e. The van der Waals surface area contributed by atoms with Gasteiger partial charge in [-0.3, -0.25) is 39.4 Å². The summed E-state index contributed by atoms with van der Waals surface area (Å²) in [6, 6.07) is 57.6. The van der Waals surface area contributed by atoms with Crippen LogP contribution in [-0.2, 0) is 54.5 Å². The number of hydrogen-bond acceptors (Lipinski definition) is 11. The number of hydrogen-bond donors (Lipinski definition) is 4. The SMILES string of the molecule is C.C.C(/C=C/Nc1ccccc1)=Nc1ccccc1.CC1=[N+](CCCCC(=O)O)c2ccc(C)cc2C1(C)C.CC1=[N+](Cc2ccc([N+](=O)[O-])cc2)c2ccc(C)cc2C1(C)C.Cc1ccc2c(c1)C(C)(C)C(/C=C/C=C/C=C1/N(CCCCCC(=O)O)c3ccc(S(=O)(=O)O)cc3C1(C)C)=[N+]2Cc1ccc([N+](=O)[O-])cc1. The summed E-state index contributed by atoms with van der Waals surface area (Å²) in [5.41, 5.74) is 21.0. The van der Waals surface area contributed by atoms with E-state index >= 15 is 0 Å². The van der Waals surface area contributed by atoms with Crippen LogP contribution in [-0.4, -0.2) is 95.1 Å². The van der Waals surface area contributed by atoms with Crippen molar-refractivity contribution in [2.24, 2.45) is 4.99 Å². The molecule has 4 aliphatic heterocycles. The number of allylic oxidation sites excluding steroid dienone is 7. The largest absolute Gasteiger partial charge is 0.481 e. The number of nitro benzene ring substituents is 2. The van der Waals surface area contributed by atoms with Crippen molar-refractivity contribution >= 4 is 90.9 Å². The van der Waals surface area contributed by atoms with Gasteiger partial charge < -0.3 is 20.4 Å². The van der Waals surface area contributed by atoms with Crippen molar-refractivity contribution in [3.8, 4) is 0 Å². The van der Waals surface area contributed by atoms with Gasteiger partial charge in [0.05, 0.1) is 36.7 Å². The standard InChI is InChI=1S/C39H43N3O7S.C19H21N2O2.C17H23NO2.C15H14N2.2CH4/c1-27-15-21-34-31(24-27)38(2,3)36(41(34)26-28-16-18-29(19-17-28)42(45)46)13-9-6-8-12-35-39(4,5)32-25-30(50(47,48)49)20-22-33(32)40(35)23-11-7-10-14-37(43)44;1-13-5-10-18-17(11-13)19(3,4)14(2)20(18)12-15-6-8-16(9-7-15)21(22)23;1-12-8-9-15-14(11-12)17(3,4)13(2)18(15)10-6-5-7-16(19)20;1-3-8-14(9-4-1)16-12-7-13-17-15-10-5-2-6-11-15;;/h6,8-9,12-13,15-22,24-25H,7,10-11,14,23,26H2,1-5H3,(H-,43,44,47,48,49);5-11H,12H2,1-4H3;8-9,11H,5-7,10H2,1-4H3;1-13,16H;2*1H4/q;+1;;;;/p+2/b;;;12-7+,17-13?;;. The molecule has 8 aromatic carbocycles. The van der Waals surface area contributed by atoms with Crippen LogP contribution in [0.5, 0.6) is 0 Å². The molecule has 0 unspecified atom stereocenters. The number of nitrogens with zero attached hydrogens (tertiary/aromatic N) is 7. The Bertz CT molecular complexity index is 5110.